The molecule has 126 valence electrons. The van der Waals surface area contributed by atoms with E-state index in [-0.39, 0.29) is 25.0 Å². The third-order valence-electron chi connectivity index (χ3n) is 3.75. The highest BCUT2D eigenvalue weighted by Gasteiger charge is 2.29. The van der Waals surface area contributed by atoms with Gasteiger partial charge in [-0.05, 0) is 24.0 Å². The van der Waals surface area contributed by atoms with Gasteiger partial charge in [-0.2, -0.15) is 0 Å². The Morgan fingerprint density at radius 3 is 2.78 bits per heavy atom. The highest BCUT2D eigenvalue weighted by Crippen LogP contribution is 2.25. The topological polar surface area (TPSA) is 44.8 Å². The molecule has 1 fully saturated rings. The fourth-order valence-electron chi connectivity index (χ4n) is 2.54. The van der Waals surface area contributed by atoms with Crippen molar-refractivity contribution in [2.45, 2.75) is 51.9 Å². The zero-order valence-electron chi connectivity index (χ0n) is 14.0. The second-order valence-corrected chi connectivity index (χ2v) is 5.81. The van der Waals surface area contributed by atoms with Crippen LogP contribution in [0.1, 0.15) is 45.1 Å². The molecule has 1 aromatic rings. The van der Waals surface area contributed by atoms with Crippen LogP contribution < -0.4 is 0 Å². The van der Waals surface area contributed by atoms with Gasteiger partial charge in [-0.25, -0.2) is 0 Å². The number of hydrogen-bond acceptors (Lipinski definition) is 4. The van der Waals surface area contributed by atoms with E-state index in [0.29, 0.717) is 6.61 Å². The third-order valence-corrected chi connectivity index (χ3v) is 3.75. The van der Waals surface area contributed by atoms with E-state index in [4.69, 9.17) is 14.2 Å². The first-order valence-corrected chi connectivity index (χ1v) is 8.35. The highest BCUT2D eigenvalue weighted by atomic mass is 16.7. The van der Waals surface area contributed by atoms with E-state index in [0.717, 1.165) is 24.0 Å². The first kappa shape index (κ1) is 17.7. The smallest absolute Gasteiger partial charge is 0.302 e. The van der Waals surface area contributed by atoms with Gasteiger partial charge in [0.15, 0.2) is 6.29 Å². The fourth-order valence-corrected chi connectivity index (χ4v) is 2.54. The predicted molar refractivity (Wildman–Crippen MR) is 89.8 cm³/mol. The maximum atomic E-state index is 10.9. The van der Waals surface area contributed by atoms with Gasteiger partial charge >= 0.3 is 5.97 Å². The van der Waals surface area contributed by atoms with Crippen LogP contribution in [0.3, 0.4) is 0 Å². The van der Waals surface area contributed by atoms with Crippen LogP contribution in [0.2, 0.25) is 0 Å². The molecule has 1 heterocycles. The van der Waals surface area contributed by atoms with Crippen molar-refractivity contribution in [1.29, 1.82) is 0 Å². The van der Waals surface area contributed by atoms with Gasteiger partial charge in [-0.3, -0.25) is 4.79 Å². The van der Waals surface area contributed by atoms with Crippen LogP contribution >= 0.6 is 0 Å². The first-order chi connectivity index (χ1) is 11.2. The van der Waals surface area contributed by atoms with Crippen LogP contribution in [0.5, 0.6) is 0 Å². The van der Waals surface area contributed by atoms with E-state index < -0.39 is 0 Å². The van der Waals surface area contributed by atoms with Gasteiger partial charge in [0.05, 0.1) is 6.61 Å². The number of hydrogen-bond donors (Lipinski definition) is 0. The Labute approximate surface area is 138 Å². The van der Waals surface area contributed by atoms with Crippen molar-refractivity contribution in [2.75, 3.05) is 13.2 Å². The van der Waals surface area contributed by atoms with E-state index in [1.165, 1.54) is 19.8 Å². The third kappa shape index (κ3) is 6.16. The molecule has 1 saturated heterocycles. The highest BCUT2D eigenvalue weighted by molar-refractivity contribution is 5.65. The molecule has 1 aliphatic rings. The van der Waals surface area contributed by atoms with Gasteiger partial charge in [0.2, 0.25) is 0 Å². The van der Waals surface area contributed by atoms with Crippen LogP contribution in [-0.4, -0.2) is 31.6 Å². The van der Waals surface area contributed by atoms with Gasteiger partial charge in [0, 0.05) is 6.92 Å². The van der Waals surface area contributed by atoms with Gasteiger partial charge in [-0.15, -0.1) is 0 Å². The molecular formula is C19H26O4. The summed E-state index contributed by atoms with van der Waals surface area (Å²) in [6, 6.07) is 10.2. The number of esters is 1. The first-order valence-electron chi connectivity index (χ1n) is 8.35. The number of benzene rings is 1. The molecule has 0 amide bonds. The molecule has 2 rings (SSSR count). The van der Waals surface area contributed by atoms with Crippen molar-refractivity contribution in [3.63, 3.8) is 0 Å². The number of rotatable bonds is 8. The second-order valence-electron chi connectivity index (χ2n) is 5.81. The van der Waals surface area contributed by atoms with Crippen molar-refractivity contribution in [2.24, 2.45) is 0 Å². The number of ether oxygens (including phenoxy) is 3. The summed E-state index contributed by atoms with van der Waals surface area (Å²) in [5.74, 6) is -0.292. The van der Waals surface area contributed by atoms with Gasteiger partial charge < -0.3 is 14.2 Å². The van der Waals surface area contributed by atoms with Crippen molar-refractivity contribution in [1.82, 2.24) is 0 Å². The summed E-state index contributed by atoms with van der Waals surface area (Å²) in [6.45, 7) is 4.30. The Kier molecular flexibility index (Phi) is 7.30. The van der Waals surface area contributed by atoms with Crippen molar-refractivity contribution in [3.8, 4) is 0 Å². The predicted octanol–water partition coefficient (Wildman–Crippen LogP) is 3.95. The Balaban J connectivity index is 1.99. The SMILES string of the molecule is CCCCC/C(=C\c1ccccc1)[C@@H]1OC[C@H](COC(C)=O)O1. The Morgan fingerprint density at radius 1 is 1.30 bits per heavy atom. The lowest BCUT2D eigenvalue weighted by Crippen LogP contribution is -2.21. The summed E-state index contributed by atoms with van der Waals surface area (Å²) in [5, 5.41) is 0. The molecule has 0 saturated carbocycles. The van der Waals surface area contributed by atoms with Gasteiger partial charge in [0.25, 0.3) is 0 Å². The van der Waals surface area contributed by atoms with E-state index >= 15 is 0 Å². The molecule has 4 heteroatoms. The molecule has 0 N–H and O–H groups in total. The average molecular weight is 318 g/mol. The average Bonchev–Trinajstić information content (AvgIpc) is 3.02. The molecule has 0 aliphatic carbocycles. The zero-order valence-corrected chi connectivity index (χ0v) is 14.0. The summed E-state index contributed by atoms with van der Waals surface area (Å²) >= 11 is 0. The molecule has 2 atom stereocenters. The number of carbonyl (C=O) groups excluding carboxylic acids is 1. The van der Waals surface area contributed by atoms with Crippen molar-refractivity contribution < 1.29 is 19.0 Å². The minimum Gasteiger partial charge on any atom is -0.463 e. The molecule has 0 unspecified atom stereocenters. The van der Waals surface area contributed by atoms with E-state index in [1.54, 1.807) is 0 Å². The van der Waals surface area contributed by atoms with Crippen molar-refractivity contribution >= 4 is 12.0 Å². The fraction of sp³-hybridized carbons (Fsp3) is 0.526. The van der Waals surface area contributed by atoms with E-state index in [9.17, 15) is 4.79 Å². The van der Waals surface area contributed by atoms with Crippen molar-refractivity contribution in [3.05, 3.63) is 41.5 Å². The molecule has 1 aliphatic heterocycles. The molecule has 23 heavy (non-hydrogen) atoms. The van der Waals surface area contributed by atoms with Crippen LogP contribution in [0.25, 0.3) is 6.08 Å². The van der Waals surface area contributed by atoms with Crippen LogP contribution in [0.4, 0.5) is 0 Å². The monoisotopic (exact) mass is 318 g/mol. The van der Waals surface area contributed by atoms with Gasteiger partial charge in [0.1, 0.15) is 12.7 Å². The summed E-state index contributed by atoms with van der Waals surface area (Å²) in [4.78, 5) is 10.9. The molecule has 0 bridgehead atoms. The van der Waals surface area contributed by atoms with Crippen LogP contribution in [-0.2, 0) is 19.0 Å². The number of carbonyl (C=O) groups is 1. The Morgan fingerprint density at radius 2 is 2.09 bits per heavy atom. The summed E-state index contributed by atoms with van der Waals surface area (Å²) in [5.41, 5.74) is 2.30. The van der Waals surface area contributed by atoms with Gasteiger partial charge in [-0.1, -0.05) is 56.2 Å². The lowest BCUT2D eigenvalue weighted by molar-refractivity contribution is -0.144. The van der Waals surface area contributed by atoms with Crippen LogP contribution in [0.15, 0.2) is 35.9 Å². The Bertz CT molecular complexity index is 509. The second kappa shape index (κ2) is 9.48. The minimum absolute atomic E-state index is 0.186. The standard InChI is InChI=1S/C19H26O4/c1-3-4-6-11-17(12-16-9-7-5-8-10-16)19-22-14-18(23-19)13-21-15(2)20/h5,7-10,12,18-19H,3-4,6,11,13-14H2,1-2H3/b17-12+/t18-,19+/m0/s1. The molecular weight excluding hydrogens is 292 g/mol. The molecule has 0 aromatic heterocycles. The molecule has 1 aromatic carbocycles. The maximum absolute atomic E-state index is 10.9. The normalized spacial score (nSPS) is 21.4. The zero-order chi connectivity index (χ0) is 16.5. The van der Waals surface area contributed by atoms with E-state index in [1.807, 2.05) is 18.2 Å². The summed E-state index contributed by atoms with van der Waals surface area (Å²) in [6.07, 6.45) is 6.06. The molecule has 0 spiro atoms. The summed E-state index contributed by atoms with van der Waals surface area (Å²) in [7, 11) is 0. The van der Waals surface area contributed by atoms with E-state index in [2.05, 4.69) is 25.1 Å². The minimum atomic E-state index is -0.340. The molecule has 4 nitrogen and oxygen atoms in total. The number of unbranched alkanes of at least 4 members (excludes halogenated alkanes) is 2. The lowest BCUT2D eigenvalue weighted by atomic mass is 10.0. The Hall–Kier alpha value is -1.65. The molecule has 0 radical (unpaired) electrons. The summed E-state index contributed by atoms with van der Waals surface area (Å²) < 4.78 is 16.7. The van der Waals surface area contributed by atoms with Crippen LogP contribution in [0, 0.1) is 0 Å². The lowest BCUT2D eigenvalue weighted by Gasteiger charge is -2.16. The quantitative estimate of drug-likeness (QED) is 0.538. The maximum Gasteiger partial charge on any atom is 0.302 e. The largest absolute Gasteiger partial charge is 0.463 e.